The van der Waals surface area contributed by atoms with Crippen molar-refractivity contribution in [2.45, 2.75) is 32.7 Å². The quantitative estimate of drug-likeness (QED) is 0.798. The Labute approximate surface area is 109 Å². The fourth-order valence-electron chi connectivity index (χ4n) is 1.88. The second-order valence-electron chi connectivity index (χ2n) is 4.74. The number of nitrogens with zero attached hydrogens (tertiary/aromatic N) is 3. The maximum Gasteiger partial charge on any atom is 0.226 e. The minimum atomic E-state index is 0.625. The second kappa shape index (κ2) is 6.00. The molecule has 5 nitrogen and oxygen atoms in total. The highest BCUT2D eigenvalue weighted by Crippen LogP contribution is 2.24. The molecule has 1 aliphatic carbocycles. The van der Waals surface area contributed by atoms with E-state index in [9.17, 15) is 0 Å². The molecule has 1 aromatic rings. The molecule has 18 heavy (non-hydrogen) atoms. The van der Waals surface area contributed by atoms with Gasteiger partial charge in [-0.1, -0.05) is 0 Å². The van der Waals surface area contributed by atoms with Gasteiger partial charge in [0.15, 0.2) is 0 Å². The van der Waals surface area contributed by atoms with Crippen molar-refractivity contribution in [3.05, 3.63) is 11.8 Å². The predicted octanol–water partition coefficient (Wildman–Crippen LogP) is 1.69. The Hall–Kier alpha value is -1.36. The zero-order valence-electron chi connectivity index (χ0n) is 11.4. The van der Waals surface area contributed by atoms with Crippen molar-refractivity contribution in [2.75, 3.05) is 32.1 Å². The molecule has 1 N–H and O–H groups in total. The molecule has 0 bridgehead atoms. The smallest absolute Gasteiger partial charge is 0.226 e. The zero-order chi connectivity index (χ0) is 13.0. The average Bonchev–Trinajstić information content (AvgIpc) is 3.12. The summed E-state index contributed by atoms with van der Waals surface area (Å²) in [5.74, 6) is 1.30. The van der Waals surface area contributed by atoms with E-state index in [-0.39, 0.29) is 0 Å². The van der Waals surface area contributed by atoms with Crippen LogP contribution in [-0.2, 0) is 0 Å². The predicted molar refractivity (Wildman–Crippen MR) is 72.1 cm³/mol. The number of nitrogens with one attached hydrogen (secondary N) is 1. The first-order chi connectivity index (χ1) is 8.69. The first kappa shape index (κ1) is 13.1. The number of aromatic nitrogens is 2. The molecule has 0 atom stereocenters. The molecule has 0 amide bonds. The van der Waals surface area contributed by atoms with Crippen LogP contribution in [0.1, 0.15) is 25.5 Å². The van der Waals surface area contributed by atoms with Gasteiger partial charge in [0.2, 0.25) is 11.8 Å². The molecule has 1 saturated carbocycles. The third kappa shape index (κ3) is 3.84. The van der Waals surface area contributed by atoms with E-state index in [0.29, 0.717) is 18.4 Å². The molecular formula is C13H22N4O. The molecule has 1 aliphatic rings. The number of hydrogen-bond donors (Lipinski definition) is 1. The van der Waals surface area contributed by atoms with Gasteiger partial charge in [0.25, 0.3) is 0 Å². The van der Waals surface area contributed by atoms with E-state index in [0.717, 1.165) is 24.8 Å². The van der Waals surface area contributed by atoms with Crippen LogP contribution in [0.25, 0.3) is 0 Å². The average molecular weight is 250 g/mol. The van der Waals surface area contributed by atoms with Crippen LogP contribution >= 0.6 is 0 Å². The van der Waals surface area contributed by atoms with E-state index in [1.165, 1.54) is 12.8 Å². The summed E-state index contributed by atoms with van der Waals surface area (Å²) in [5.41, 5.74) is 0.923. The minimum absolute atomic E-state index is 0.625. The van der Waals surface area contributed by atoms with Crippen LogP contribution in [0.3, 0.4) is 0 Å². The molecule has 5 heteroatoms. The van der Waals surface area contributed by atoms with Crippen LogP contribution < -0.4 is 10.1 Å². The van der Waals surface area contributed by atoms with Crippen LogP contribution in [0, 0.1) is 6.92 Å². The molecule has 0 saturated heterocycles. The van der Waals surface area contributed by atoms with Crippen LogP contribution in [0.4, 0.5) is 5.95 Å². The number of likely N-dealkylation sites (N-methyl/N-ethyl adjacent to an activating group) is 1. The maximum absolute atomic E-state index is 5.40. The lowest BCUT2D eigenvalue weighted by Crippen LogP contribution is -2.27. The van der Waals surface area contributed by atoms with Crippen molar-refractivity contribution in [3.63, 3.8) is 0 Å². The molecule has 1 fully saturated rings. The van der Waals surface area contributed by atoms with E-state index in [2.05, 4.69) is 27.2 Å². The summed E-state index contributed by atoms with van der Waals surface area (Å²) < 4.78 is 5.40. The van der Waals surface area contributed by atoms with Crippen molar-refractivity contribution in [1.29, 1.82) is 0 Å². The molecule has 0 radical (unpaired) electrons. The van der Waals surface area contributed by atoms with Crippen molar-refractivity contribution >= 4 is 5.95 Å². The molecule has 0 spiro atoms. The molecule has 1 heterocycles. The van der Waals surface area contributed by atoms with Gasteiger partial charge in [0.1, 0.15) is 0 Å². The molecule has 1 aromatic heterocycles. The van der Waals surface area contributed by atoms with Crippen LogP contribution in [0.2, 0.25) is 0 Å². The van der Waals surface area contributed by atoms with E-state index < -0.39 is 0 Å². The summed E-state index contributed by atoms with van der Waals surface area (Å²) in [6.45, 7) is 6.41. The maximum atomic E-state index is 5.40. The topological polar surface area (TPSA) is 50.3 Å². The Morgan fingerprint density at radius 2 is 2.22 bits per heavy atom. The number of rotatable bonds is 7. The summed E-state index contributed by atoms with van der Waals surface area (Å²) >= 11 is 0. The summed E-state index contributed by atoms with van der Waals surface area (Å²) in [7, 11) is 2.17. The van der Waals surface area contributed by atoms with Gasteiger partial charge in [-0.3, -0.25) is 0 Å². The SMILES string of the molecule is CCOc1cc(C)nc(NCCN(C)C2CC2)n1. The van der Waals surface area contributed by atoms with E-state index >= 15 is 0 Å². The molecule has 2 rings (SSSR count). The highest BCUT2D eigenvalue weighted by molar-refractivity contribution is 5.30. The summed E-state index contributed by atoms with van der Waals surface area (Å²) in [6.07, 6.45) is 2.68. The fraction of sp³-hybridized carbons (Fsp3) is 0.692. The molecule has 0 aromatic carbocycles. The lowest BCUT2D eigenvalue weighted by Gasteiger charge is -2.16. The molecular weight excluding hydrogens is 228 g/mol. The van der Waals surface area contributed by atoms with Gasteiger partial charge in [-0.2, -0.15) is 4.98 Å². The number of hydrogen-bond acceptors (Lipinski definition) is 5. The highest BCUT2D eigenvalue weighted by Gasteiger charge is 2.25. The number of anilines is 1. The Morgan fingerprint density at radius 1 is 1.44 bits per heavy atom. The third-order valence-corrected chi connectivity index (χ3v) is 3.04. The normalized spacial score (nSPS) is 14.9. The van der Waals surface area contributed by atoms with Gasteiger partial charge < -0.3 is 15.0 Å². The largest absolute Gasteiger partial charge is 0.478 e. The minimum Gasteiger partial charge on any atom is -0.478 e. The van der Waals surface area contributed by atoms with Gasteiger partial charge >= 0.3 is 0 Å². The van der Waals surface area contributed by atoms with Crippen LogP contribution in [-0.4, -0.2) is 47.7 Å². The van der Waals surface area contributed by atoms with Crippen molar-refractivity contribution in [3.8, 4) is 5.88 Å². The summed E-state index contributed by atoms with van der Waals surface area (Å²) in [6, 6.07) is 2.65. The van der Waals surface area contributed by atoms with E-state index in [4.69, 9.17) is 4.74 Å². The van der Waals surface area contributed by atoms with Gasteiger partial charge in [0.05, 0.1) is 6.61 Å². The Morgan fingerprint density at radius 3 is 2.89 bits per heavy atom. The molecule has 0 aliphatic heterocycles. The first-order valence-corrected chi connectivity index (χ1v) is 6.61. The summed E-state index contributed by atoms with van der Waals surface area (Å²) in [5, 5.41) is 3.25. The zero-order valence-corrected chi connectivity index (χ0v) is 11.4. The van der Waals surface area contributed by atoms with Gasteiger partial charge in [-0.25, -0.2) is 4.98 Å². The van der Waals surface area contributed by atoms with E-state index in [1.807, 2.05) is 19.9 Å². The Bertz CT molecular complexity index is 393. The lowest BCUT2D eigenvalue weighted by atomic mass is 10.4. The van der Waals surface area contributed by atoms with Gasteiger partial charge in [-0.05, 0) is 33.7 Å². The lowest BCUT2D eigenvalue weighted by molar-refractivity contribution is 0.325. The number of ether oxygens (including phenoxy) is 1. The van der Waals surface area contributed by atoms with Crippen molar-refractivity contribution < 1.29 is 4.74 Å². The fourth-order valence-corrected chi connectivity index (χ4v) is 1.88. The molecule has 0 unspecified atom stereocenters. The third-order valence-electron chi connectivity index (χ3n) is 3.04. The second-order valence-corrected chi connectivity index (χ2v) is 4.74. The van der Waals surface area contributed by atoms with Gasteiger partial charge in [0, 0.05) is 30.9 Å². The van der Waals surface area contributed by atoms with Crippen molar-refractivity contribution in [2.24, 2.45) is 0 Å². The highest BCUT2D eigenvalue weighted by atomic mass is 16.5. The summed E-state index contributed by atoms with van der Waals surface area (Å²) in [4.78, 5) is 11.1. The first-order valence-electron chi connectivity index (χ1n) is 6.61. The van der Waals surface area contributed by atoms with Crippen LogP contribution in [0.15, 0.2) is 6.07 Å². The number of aryl methyl sites for hydroxylation is 1. The van der Waals surface area contributed by atoms with Crippen molar-refractivity contribution in [1.82, 2.24) is 14.9 Å². The van der Waals surface area contributed by atoms with E-state index in [1.54, 1.807) is 0 Å². The van der Waals surface area contributed by atoms with Gasteiger partial charge in [-0.15, -0.1) is 0 Å². The standard InChI is InChI=1S/C13H22N4O/c1-4-18-12-9-10(2)15-13(16-12)14-7-8-17(3)11-5-6-11/h9,11H,4-8H2,1-3H3,(H,14,15,16). The van der Waals surface area contributed by atoms with Crippen LogP contribution in [0.5, 0.6) is 5.88 Å². The molecule has 100 valence electrons. The Kier molecular flexibility index (Phi) is 4.36. The Balaban J connectivity index is 1.83. The monoisotopic (exact) mass is 250 g/mol.